The number of allylic oxidation sites excluding steroid dienone is 4. The Hall–Kier alpha value is -1.18. The molecule has 64 valence electrons. The molecule has 0 bridgehead atoms. The molecule has 0 saturated carbocycles. The minimum absolute atomic E-state index is 0.591. The molecule has 1 aliphatic carbocycles. The van der Waals surface area contributed by atoms with Crippen molar-refractivity contribution >= 4 is 12.1 Å². The van der Waals surface area contributed by atoms with Crippen molar-refractivity contribution in [2.45, 2.75) is 26.7 Å². The van der Waals surface area contributed by atoms with Crippen molar-refractivity contribution < 1.29 is 4.79 Å². The minimum atomic E-state index is 0.591. The molecule has 2 nitrogen and oxygen atoms in total. The number of aliphatic imine (C=N–C) groups is 1. The summed E-state index contributed by atoms with van der Waals surface area (Å²) in [6.07, 6.45) is 6.91. The number of amides is 1. The van der Waals surface area contributed by atoms with Crippen LogP contribution in [0.4, 0.5) is 0 Å². The van der Waals surface area contributed by atoms with Crippen LogP contribution in [0, 0.1) is 0 Å². The van der Waals surface area contributed by atoms with Gasteiger partial charge in [0.15, 0.2) is 0 Å². The lowest BCUT2D eigenvalue weighted by atomic mass is 10.1. The maximum absolute atomic E-state index is 10.1. The van der Waals surface area contributed by atoms with E-state index in [4.69, 9.17) is 0 Å². The lowest BCUT2D eigenvalue weighted by molar-refractivity contribution is -0.106. The SMILES string of the molecule is CCC1=CC(C(C)=NC=O)=CC1. The first-order valence-electron chi connectivity index (χ1n) is 4.16. The maximum Gasteiger partial charge on any atom is 0.233 e. The van der Waals surface area contributed by atoms with Crippen LogP contribution in [-0.4, -0.2) is 12.1 Å². The molecular formula is C10H13NO. The molecule has 1 rings (SSSR count). The van der Waals surface area contributed by atoms with Crippen molar-refractivity contribution in [3.8, 4) is 0 Å². The molecule has 0 unspecified atom stereocenters. The van der Waals surface area contributed by atoms with Crippen molar-refractivity contribution in [3.63, 3.8) is 0 Å². The van der Waals surface area contributed by atoms with Crippen LogP contribution in [0.1, 0.15) is 26.7 Å². The normalized spacial score (nSPS) is 17.3. The maximum atomic E-state index is 10.1. The molecule has 0 atom stereocenters. The largest absolute Gasteiger partial charge is 0.276 e. The number of carbonyl (C=O) groups is 1. The number of carbonyl (C=O) groups excluding carboxylic acids is 1. The minimum Gasteiger partial charge on any atom is -0.276 e. The fourth-order valence-corrected chi connectivity index (χ4v) is 1.23. The zero-order valence-electron chi connectivity index (χ0n) is 7.50. The second-order valence-electron chi connectivity index (χ2n) is 2.84. The molecule has 1 aliphatic rings. The molecule has 2 heteroatoms. The molecule has 0 aromatic heterocycles. The Bertz CT molecular complexity index is 272. The Morgan fingerprint density at radius 1 is 1.75 bits per heavy atom. The monoisotopic (exact) mass is 163 g/mol. The summed E-state index contributed by atoms with van der Waals surface area (Å²) < 4.78 is 0. The summed E-state index contributed by atoms with van der Waals surface area (Å²) in [7, 11) is 0. The van der Waals surface area contributed by atoms with Gasteiger partial charge in [0.2, 0.25) is 6.41 Å². The summed E-state index contributed by atoms with van der Waals surface area (Å²) in [5, 5.41) is 0. The second-order valence-corrected chi connectivity index (χ2v) is 2.84. The van der Waals surface area contributed by atoms with Gasteiger partial charge in [-0.3, -0.25) is 4.79 Å². The first-order chi connectivity index (χ1) is 5.77. The molecule has 0 aliphatic heterocycles. The molecule has 0 heterocycles. The van der Waals surface area contributed by atoms with Gasteiger partial charge in [0.05, 0.1) is 0 Å². The molecule has 0 aromatic carbocycles. The van der Waals surface area contributed by atoms with Crippen molar-refractivity contribution in [2.75, 3.05) is 0 Å². The number of hydrogen-bond acceptors (Lipinski definition) is 1. The van der Waals surface area contributed by atoms with E-state index < -0.39 is 0 Å². The fraction of sp³-hybridized carbons (Fsp3) is 0.400. The van der Waals surface area contributed by atoms with Gasteiger partial charge in [0.1, 0.15) is 0 Å². The molecule has 0 radical (unpaired) electrons. The smallest absolute Gasteiger partial charge is 0.233 e. The molecule has 0 aromatic rings. The van der Waals surface area contributed by atoms with Crippen molar-refractivity contribution in [1.29, 1.82) is 0 Å². The van der Waals surface area contributed by atoms with Crippen LogP contribution < -0.4 is 0 Å². The quantitative estimate of drug-likeness (QED) is 0.463. The van der Waals surface area contributed by atoms with E-state index in [1.807, 2.05) is 6.92 Å². The summed E-state index contributed by atoms with van der Waals surface area (Å²) in [5.74, 6) is 0. The predicted octanol–water partition coefficient (Wildman–Crippen LogP) is 2.27. The fourth-order valence-electron chi connectivity index (χ4n) is 1.23. The van der Waals surface area contributed by atoms with Crippen LogP contribution >= 0.6 is 0 Å². The molecule has 0 spiro atoms. The van der Waals surface area contributed by atoms with Crippen molar-refractivity contribution in [2.24, 2.45) is 4.99 Å². The van der Waals surface area contributed by atoms with Gasteiger partial charge in [0.25, 0.3) is 0 Å². The van der Waals surface area contributed by atoms with Crippen LogP contribution in [0.3, 0.4) is 0 Å². The van der Waals surface area contributed by atoms with E-state index in [2.05, 4.69) is 24.1 Å². The second kappa shape index (κ2) is 4.00. The average Bonchev–Trinajstić information content (AvgIpc) is 2.52. The number of nitrogens with zero attached hydrogens (tertiary/aromatic N) is 1. The van der Waals surface area contributed by atoms with Gasteiger partial charge in [-0.1, -0.05) is 24.6 Å². The molecular weight excluding hydrogens is 150 g/mol. The molecule has 12 heavy (non-hydrogen) atoms. The van der Waals surface area contributed by atoms with Crippen molar-refractivity contribution in [3.05, 3.63) is 23.3 Å². The van der Waals surface area contributed by atoms with E-state index in [1.54, 1.807) is 0 Å². The zero-order chi connectivity index (χ0) is 8.97. The first kappa shape index (κ1) is 8.91. The zero-order valence-corrected chi connectivity index (χ0v) is 7.50. The van der Waals surface area contributed by atoms with Crippen LogP contribution in [0.15, 0.2) is 28.3 Å². The van der Waals surface area contributed by atoms with Crippen LogP contribution in [0.25, 0.3) is 0 Å². The number of hydrogen-bond donors (Lipinski definition) is 0. The Labute approximate surface area is 72.7 Å². The molecule has 1 amide bonds. The molecule has 0 N–H and O–H groups in total. The third kappa shape index (κ3) is 1.91. The van der Waals surface area contributed by atoms with E-state index in [-0.39, 0.29) is 0 Å². The summed E-state index contributed by atoms with van der Waals surface area (Å²) in [5.41, 5.74) is 3.32. The summed E-state index contributed by atoms with van der Waals surface area (Å²) in [4.78, 5) is 13.8. The van der Waals surface area contributed by atoms with Gasteiger partial charge in [0, 0.05) is 5.71 Å². The highest BCUT2D eigenvalue weighted by atomic mass is 16.1. The Balaban J connectivity index is 2.73. The van der Waals surface area contributed by atoms with E-state index in [9.17, 15) is 4.79 Å². The van der Waals surface area contributed by atoms with Gasteiger partial charge in [-0.05, 0) is 25.3 Å². The van der Waals surface area contributed by atoms with E-state index in [0.717, 1.165) is 24.1 Å². The highest BCUT2D eigenvalue weighted by Crippen LogP contribution is 2.20. The Kier molecular flexibility index (Phi) is 2.97. The van der Waals surface area contributed by atoms with E-state index in [1.165, 1.54) is 5.57 Å². The van der Waals surface area contributed by atoms with Gasteiger partial charge in [-0.2, -0.15) is 0 Å². The Morgan fingerprint density at radius 2 is 2.50 bits per heavy atom. The third-order valence-electron chi connectivity index (χ3n) is 2.06. The lowest BCUT2D eigenvalue weighted by Gasteiger charge is -1.94. The third-order valence-corrected chi connectivity index (χ3v) is 2.06. The van der Waals surface area contributed by atoms with Crippen molar-refractivity contribution in [1.82, 2.24) is 0 Å². The lowest BCUT2D eigenvalue weighted by Crippen LogP contribution is -1.92. The van der Waals surface area contributed by atoms with Crippen LogP contribution in [0.2, 0.25) is 0 Å². The van der Waals surface area contributed by atoms with E-state index >= 15 is 0 Å². The standard InChI is InChI=1S/C10H13NO/c1-3-9-4-5-10(6-9)8(2)11-7-12/h5-7H,3-4H2,1-2H3. The highest BCUT2D eigenvalue weighted by Gasteiger charge is 2.06. The highest BCUT2D eigenvalue weighted by molar-refractivity contribution is 6.04. The summed E-state index contributed by atoms with van der Waals surface area (Å²) in [6.45, 7) is 3.99. The van der Waals surface area contributed by atoms with Crippen LogP contribution in [0.5, 0.6) is 0 Å². The predicted molar refractivity (Wildman–Crippen MR) is 50.2 cm³/mol. The van der Waals surface area contributed by atoms with E-state index in [0.29, 0.717) is 6.41 Å². The molecule has 0 fully saturated rings. The topological polar surface area (TPSA) is 29.4 Å². The van der Waals surface area contributed by atoms with Gasteiger partial charge in [-0.25, -0.2) is 4.99 Å². The Morgan fingerprint density at radius 3 is 3.00 bits per heavy atom. The number of rotatable bonds is 3. The van der Waals surface area contributed by atoms with Gasteiger partial charge < -0.3 is 0 Å². The molecule has 0 saturated heterocycles. The summed E-state index contributed by atoms with van der Waals surface area (Å²) in [6, 6.07) is 0. The van der Waals surface area contributed by atoms with Gasteiger partial charge >= 0.3 is 0 Å². The first-order valence-corrected chi connectivity index (χ1v) is 4.16. The summed E-state index contributed by atoms with van der Waals surface area (Å²) >= 11 is 0. The average molecular weight is 163 g/mol. The van der Waals surface area contributed by atoms with Crippen LogP contribution in [-0.2, 0) is 4.79 Å². The van der Waals surface area contributed by atoms with Gasteiger partial charge in [-0.15, -0.1) is 0 Å².